The van der Waals surface area contributed by atoms with Crippen molar-refractivity contribution in [1.82, 2.24) is 0 Å². The highest BCUT2D eigenvalue weighted by Gasteiger charge is 2.51. The van der Waals surface area contributed by atoms with E-state index in [0.29, 0.717) is 0 Å². The molecule has 0 saturated carbocycles. The molecule has 1 spiro atoms. The Morgan fingerprint density at radius 2 is 1.29 bits per heavy atom. The van der Waals surface area contributed by atoms with Gasteiger partial charge in [0, 0.05) is 11.1 Å². The van der Waals surface area contributed by atoms with Crippen molar-refractivity contribution in [1.29, 1.82) is 0 Å². The van der Waals surface area contributed by atoms with Crippen LogP contribution in [0.5, 0.6) is 11.5 Å². The number of hydrogen-bond acceptors (Lipinski definition) is 3. The summed E-state index contributed by atoms with van der Waals surface area (Å²) in [4.78, 5) is 0. The number of fused-ring (bicyclic) bond motifs is 9. The summed E-state index contributed by atoms with van der Waals surface area (Å²) in [5.41, 5.74) is 6.73. The van der Waals surface area contributed by atoms with Crippen LogP contribution in [0.25, 0.3) is 11.1 Å². The van der Waals surface area contributed by atoms with Gasteiger partial charge in [0.1, 0.15) is 11.5 Å². The zero-order valence-corrected chi connectivity index (χ0v) is 20.6. The van der Waals surface area contributed by atoms with E-state index < -0.39 is 18.1 Å². The van der Waals surface area contributed by atoms with E-state index in [0.717, 1.165) is 33.7 Å². The Kier molecular flexibility index (Phi) is 4.96. The zero-order chi connectivity index (χ0) is 24.4. The van der Waals surface area contributed by atoms with Gasteiger partial charge in [-0.15, -0.1) is 0 Å². The van der Waals surface area contributed by atoms with Crippen LogP contribution < -0.4 is 10.2 Å². The van der Waals surface area contributed by atoms with Crippen molar-refractivity contribution in [3.63, 3.8) is 0 Å². The SMILES string of the molecule is CC(C)C(C)(C)OB(O)c1ccc2c(c1)C1(c3ccccc3Oc3ccccc31)c1ccccc1-2. The molecule has 4 aromatic carbocycles. The van der Waals surface area contributed by atoms with Crippen LogP contribution in [0.4, 0.5) is 0 Å². The lowest BCUT2D eigenvalue weighted by atomic mass is 9.65. The fourth-order valence-electron chi connectivity index (χ4n) is 5.52. The first kappa shape index (κ1) is 22.1. The third-order valence-corrected chi connectivity index (χ3v) is 7.96. The highest BCUT2D eigenvalue weighted by atomic mass is 16.5. The average Bonchev–Trinajstić information content (AvgIpc) is 3.14. The lowest BCUT2D eigenvalue weighted by Gasteiger charge is -2.39. The van der Waals surface area contributed by atoms with Crippen molar-refractivity contribution in [2.24, 2.45) is 5.92 Å². The second-order valence-electron chi connectivity index (χ2n) is 10.4. The van der Waals surface area contributed by atoms with Crippen molar-refractivity contribution < 1.29 is 14.4 Å². The fourth-order valence-corrected chi connectivity index (χ4v) is 5.52. The number of benzene rings is 4. The normalized spacial score (nSPS) is 14.7. The summed E-state index contributed by atoms with van der Waals surface area (Å²) in [6, 6.07) is 31.5. The number of ether oxygens (including phenoxy) is 1. The summed E-state index contributed by atoms with van der Waals surface area (Å²) < 4.78 is 12.6. The molecule has 0 bridgehead atoms. The van der Waals surface area contributed by atoms with Crippen molar-refractivity contribution in [3.8, 4) is 22.6 Å². The second-order valence-corrected chi connectivity index (χ2v) is 10.4. The molecule has 3 nitrogen and oxygen atoms in total. The maximum absolute atomic E-state index is 11.2. The zero-order valence-electron chi connectivity index (χ0n) is 20.6. The first-order valence-electron chi connectivity index (χ1n) is 12.3. The van der Waals surface area contributed by atoms with E-state index >= 15 is 0 Å². The standard InChI is InChI=1S/C31H29BO3/c1-20(2)30(3,4)35-32(33)21-17-18-23-22-11-5-6-12-24(22)31(27(23)19-21)25-13-7-9-15-28(25)34-29-16-10-8-14-26(29)31/h5-20,33H,1-4H3. The molecule has 6 rings (SSSR count). The van der Waals surface area contributed by atoms with Gasteiger partial charge < -0.3 is 14.4 Å². The molecule has 4 aromatic rings. The van der Waals surface area contributed by atoms with E-state index in [1.165, 1.54) is 16.7 Å². The van der Waals surface area contributed by atoms with Gasteiger partial charge in [0.15, 0.2) is 0 Å². The Labute approximate surface area is 207 Å². The minimum absolute atomic E-state index is 0.261. The molecular weight excluding hydrogens is 431 g/mol. The van der Waals surface area contributed by atoms with E-state index in [1.54, 1.807) is 0 Å². The largest absolute Gasteiger partial charge is 0.491 e. The van der Waals surface area contributed by atoms with Crippen LogP contribution in [-0.2, 0) is 10.1 Å². The van der Waals surface area contributed by atoms with Crippen LogP contribution in [-0.4, -0.2) is 17.7 Å². The quantitative estimate of drug-likeness (QED) is 0.314. The Morgan fingerprint density at radius 3 is 1.91 bits per heavy atom. The molecule has 1 N–H and O–H groups in total. The molecule has 0 atom stereocenters. The topological polar surface area (TPSA) is 38.7 Å². The molecule has 1 aliphatic carbocycles. The van der Waals surface area contributed by atoms with Crippen molar-refractivity contribution >= 4 is 12.6 Å². The highest BCUT2D eigenvalue weighted by Crippen LogP contribution is 2.61. The minimum Gasteiger partial charge on any atom is -0.457 e. The predicted octanol–water partition coefficient (Wildman–Crippen LogP) is 6.29. The number of para-hydroxylation sites is 2. The third kappa shape index (κ3) is 3.13. The highest BCUT2D eigenvalue weighted by molar-refractivity contribution is 6.60. The lowest BCUT2D eigenvalue weighted by molar-refractivity contribution is 0.0423. The first-order chi connectivity index (χ1) is 16.8. The molecule has 0 radical (unpaired) electrons. The van der Waals surface area contributed by atoms with E-state index in [-0.39, 0.29) is 5.92 Å². The fraction of sp³-hybridized carbons (Fsp3) is 0.226. The Hall–Kier alpha value is -3.34. The summed E-state index contributed by atoms with van der Waals surface area (Å²) in [6.45, 7) is 8.26. The molecule has 174 valence electrons. The van der Waals surface area contributed by atoms with Crippen molar-refractivity contribution in [2.75, 3.05) is 0 Å². The maximum atomic E-state index is 11.2. The van der Waals surface area contributed by atoms with Gasteiger partial charge in [-0.05, 0) is 59.6 Å². The molecular formula is C31H29BO3. The molecule has 35 heavy (non-hydrogen) atoms. The molecule has 0 aromatic heterocycles. The van der Waals surface area contributed by atoms with Gasteiger partial charge in [-0.2, -0.15) is 0 Å². The predicted molar refractivity (Wildman–Crippen MR) is 141 cm³/mol. The maximum Gasteiger partial charge on any atom is 0.491 e. The van der Waals surface area contributed by atoms with E-state index in [4.69, 9.17) is 9.39 Å². The molecule has 0 fully saturated rings. The van der Waals surface area contributed by atoms with Crippen LogP contribution in [0.15, 0.2) is 91.0 Å². The summed E-state index contributed by atoms with van der Waals surface area (Å²) in [5.74, 6) is 1.98. The van der Waals surface area contributed by atoms with Gasteiger partial charge in [-0.1, -0.05) is 92.7 Å². The number of hydrogen-bond donors (Lipinski definition) is 1. The molecule has 0 amide bonds. The Morgan fingerprint density at radius 1 is 0.743 bits per heavy atom. The molecule has 0 unspecified atom stereocenters. The first-order valence-corrected chi connectivity index (χ1v) is 12.3. The van der Waals surface area contributed by atoms with Gasteiger partial charge in [-0.3, -0.25) is 0 Å². The Bertz CT molecular complexity index is 1390. The molecule has 2 aliphatic rings. The molecule has 0 saturated heterocycles. The second kappa shape index (κ2) is 7.84. The van der Waals surface area contributed by atoms with Crippen LogP contribution in [0, 0.1) is 5.92 Å². The van der Waals surface area contributed by atoms with E-state index in [1.807, 2.05) is 44.2 Å². The molecule has 4 heteroatoms. The average molecular weight is 460 g/mol. The summed E-state index contributed by atoms with van der Waals surface area (Å²) in [6.07, 6.45) is 0. The van der Waals surface area contributed by atoms with Gasteiger partial charge in [0.05, 0.1) is 11.0 Å². The minimum atomic E-state index is -1.02. The van der Waals surface area contributed by atoms with Gasteiger partial charge in [-0.25, -0.2) is 0 Å². The van der Waals surface area contributed by atoms with Crippen LogP contribution in [0.1, 0.15) is 49.9 Å². The van der Waals surface area contributed by atoms with Gasteiger partial charge >= 0.3 is 7.12 Å². The van der Waals surface area contributed by atoms with E-state index in [9.17, 15) is 5.02 Å². The third-order valence-electron chi connectivity index (χ3n) is 7.96. The summed E-state index contributed by atoms with van der Waals surface area (Å²) in [5, 5.41) is 11.2. The lowest BCUT2D eigenvalue weighted by Crippen LogP contribution is -2.44. The van der Waals surface area contributed by atoms with Gasteiger partial charge in [0.25, 0.3) is 0 Å². The van der Waals surface area contributed by atoms with Crippen LogP contribution >= 0.6 is 0 Å². The summed E-state index contributed by atoms with van der Waals surface area (Å²) in [7, 11) is -1.02. The monoisotopic (exact) mass is 460 g/mol. The van der Waals surface area contributed by atoms with Crippen molar-refractivity contribution in [2.45, 2.75) is 38.7 Å². The number of rotatable bonds is 4. The summed E-state index contributed by atoms with van der Waals surface area (Å²) >= 11 is 0. The van der Waals surface area contributed by atoms with Crippen molar-refractivity contribution in [3.05, 3.63) is 113 Å². The van der Waals surface area contributed by atoms with Gasteiger partial charge in [0.2, 0.25) is 0 Å². The smallest absolute Gasteiger partial charge is 0.457 e. The Balaban J connectivity index is 1.63. The van der Waals surface area contributed by atoms with Crippen LogP contribution in [0.3, 0.4) is 0 Å². The van der Waals surface area contributed by atoms with Crippen LogP contribution in [0.2, 0.25) is 0 Å². The molecule has 1 heterocycles. The molecule has 1 aliphatic heterocycles. The van der Waals surface area contributed by atoms with E-state index in [2.05, 4.69) is 74.5 Å².